The fraction of sp³-hybridized carbons (Fsp3) is 0.706. The molecule has 2 fully saturated rings. The minimum Gasteiger partial charge on any atom is -0.372 e. The number of ether oxygens (including phenoxy) is 1. The van der Waals surface area contributed by atoms with E-state index in [1.54, 1.807) is 0 Å². The van der Waals surface area contributed by atoms with E-state index in [1.165, 1.54) is 0 Å². The summed E-state index contributed by atoms with van der Waals surface area (Å²) in [4.78, 5) is 25.4. The van der Waals surface area contributed by atoms with Crippen molar-refractivity contribution in [3.05, 3.63) is 11.8 Å². The fourth-order valence-corrected chi connectivity index (χ4v) is 3.71. The zero-order valence-electron chi connectivity index (χ0n) is 14.7. The zero-order chi connectivity index (χ0) is 17.3. The molecule has 1 amide bonds. The Bertz CT molecular complexity index is 570. The number of aryl methyl sites for hydroxylation is 1. The van der Waals surface area contributed by atoms with E-state index in [2.05, 4.69) is 14.9 Å². The third-order valence-electron chi connectivity index (χ3n) is 4.76. The number of amides is 1. The average molecular weight is 333 g/mol. The Morgan fingerprint density at radius 2 is 1.83 bits per heavy atom. The smallest absolute Gasteiger partial charge is 0.225 e. The predicted octanol–water partition coefficient (Wildman–Crippen LogP) is 1.22. The molecular formula is C17H27N5O2. The van der Waals surface area contributed by atoms with E-state index < -0.39 is 0 Å². The first-order chi connectivity index (χ1) is 11.4. The van der Waals surface area contributed by atoms with Crippen LogP contribution in [0.3, 0.4) is 0 Å². The van der Waals surface area contributed by atoms with E-state index in [4.69, 9.17) is 10.5 Å². The second-order valence-corrected chi connectivity index (χ2v) is 6.99. The number of rotatable bonds is 2. The van der Waals surface area contributed by atoms with E-state index in [1.807, 2.05) is 31.7 Å². The minimum absolute atomic E-state index is 0.0963. The maximum Gasteiger partial charge on any atom is 0.225 e. The van der Waals surface area contributed by atoms with Gasteiger partial charge in [-0.25, -0.2) is 4.98 Å². The summed E-state index contributed by atoms with van der Waals surface area (Å²) >= 11 is 0. The van der Waals surface area contributed by atoms with Gasteiger partial charge >= 0.3 is 0 Å². The molecule has 3 rings (SSSR count). The number of hydrogen-bond donors (Lipinski definition) is 1. The molecular weight excluding hydrogens is 306 g/mol. The van der Waals surface area contributed by atoms with Crippen molar-refractivity contribution in [1.82, 2.24) is 14.9 Å². The van der Waals surface area contributed by atoms with Crippen LogP contribution in [0.15, 0.2) is 6.07 Å². The molecule has 0 aliphatic carbocycles. The highest BCUT2D eigenvalue weighted by atomic mass is 16.5. The topological polar surface area (TPSA) is 84.6 Å². The number of aromatic nitrogens is 2. The van der Waals surface area contributed by atoms with Crippen molar-refractivity contribution in [2.75, 3.05) is 36.8 Å². The molecule has 132 valence electrons. The molecule has 0 unspecified atom stereocenters. The lowest BCUT2D eigenvalue weighted by Crippen LogP contribution is -2.51. The van der Waals surface area contributed by atoms with Gasteiger partial charge in [0.15, 0.2) is 0 Å². The van der Waals surface area contributed by atoms with Gasteiger partial charge in [0.2, 0.25) is 11.9 Å². The molecule has 0 bridgehead atoms. The second-order valence-electron chi connectivity index (χ2n) is 6.99. The molecule has 24 heavy (non-hydrogen) atoms. The van der Waals surface area contributed by atoms with Gasteiger partial charge in [-0.15, -0.1) is 0 Å². The van der Waals surface area contributed by atoms with Crippen molar-refractivity contribution < 1.29 is 9.53 Å². The van der Waals surface area contributed by atoms with Gasteiger partial charge in [-0.05, 0) is 33.6 Å². The molecule has 2 atom stereocenters. The van der Waals surface area contributed by atoms with Gasteiger partial charge in [-0.2, -0.15) is 4.98 Å². The van der Waals surface area contributed by atoms with E-state index >= 15 is 0 Å². The van der Waals surface area contributed by atoms with E-state index in [-0.39, 0.29) is 24.0 Å². The van der Waals surface area contributed by atoms with Crippen LogP contribution in [0.1, 0.15) is 32.4 Å². The molecule has 2 saturated heterocycles. The van der Waals surface area contributed by atoms with Crippen molar-refractivity contribution in [3.8, 4) is 0 Å². The SMILES string of the molecule is Cc1cc(N2CCC(C(=O)N3C[C@@H](C)O[C@@H](C)C3)CC2)nc(N)n1. The molecule has 3 heterocycles. The number of carbonyl (C=O) groups excluding carboxylic acids is 1. The normalized spacial score (nSPS) is 25.8. The number of anilines is 2. The van der Waals surface area contributed by atoms with Crippen molar-refractivity contribution in [1.29, 1.82) is 0 Å². The van der Waals surface area contributed by atoms with Crippen LogP contribution in [-0.4, -0.2) is 59.2 Å². The average Bonchev–Trinajstić information content (AvgIpc) is 2.52. The van der Waals surface area contributed by atoms with Gasteiger partial charge in [-0.3, -0.25) is 4.79 Å². The third kappa shape index (κ3) is 3.77. The molecule has 2 aliphatic rings. The Hall–Kier alpha value is -1.89. The van der Waals surface area contributed by atoms with Crippen molar-refractivity contribution >= 4 is 17.7 Å². The van der Waals surface area contributed by atoms with Crippen LogP contribution in [0.5, 0.6) is 0 Å². The number of carbonyl (C=O) groups is 1. The lowest BCUT2D eigenvalue weighted by molar-refractivity contribution is -0.148. The highest BCUT2D eigenvalue weighted by Gasteiger charge is 2.32. The maximum atomic E-state index is 12.8. The summed E-state index contributed by atoms with van der Waals surface area (Å²) in [7, 11) is 0. The number of morpholine rings is 1. The van der Waals surface area contributed by atoms with E-state index in [0.717, 1.165) is 37.4 Å². The number of nitrogen functional groups attached to an aromatic ring is 1. The van der Waals surface area contributed by atoms with E-state index in [0.29, 0.717) is 19.0 Å². The molecule has 0 aromatic carbocycles. The molecule has 1 aromatic heterocycles. The van der Waals surface area contributed by atoms with Gasteiger partial charge in [0.25, 0.3) is 0 Å². The summed E-state index contributed by atoms with van der Waals surface area (Å²) in [6, 6.07) is 1.95. The van der Waals surface area contributed by atoms with Crippen LogP contribution >= 0.6 is 0 Å². The van der Waals surface area contributed by atoms with Crippen molar-refractivity contribution in [3.63, 3.8) is 0 Å². The molecule has 2 aliphatic heterocycles. The molecule has 0 saturated carbocycles. The summed E-state index contributed by atoms with van der Waals surface area (Å²) in [6.07, 6.45) is 1.93. The van der Waals surface area contributed by atoms with Crippen LogP contribution < -0.4 is 10.6 Å². The quantitative estimate of drug-likeness (QED) is 0.876. The second kappa shape index (κ2) is 6.93. The lowest BCUT2D eigenvalue weighted by atomic mass is 9.94. The van der Waals surface area contributed by atoms with E-state index in [9.17, 15) is 4.79 Å². The molecule has 7 heteroatoms. The summed E-state index contributed by atoms with van der Waals surface area (Å²) < 4.78 is 5.72. The molecule has 0 spiro atoms. The third-order valence-corrected chi connectivity index (χ3v) is 4.76. The van der Waals surface area contributed by atoms with Crippen LogP contribution in [0.25, 0.3) is 0 Å². The minimum atomic E-state index is 0.0963. The Labute approximate surface area is 143 Å². The maximum absolute atomic E-state index is 12.8. The summed E-state index contributed by atoms with van der Waals surface area (Å²) in [5.74, 6) is 1.54. The van der Waals surface area contributed by atoms with Crippen LogP contribution in [0.2, 0.25) is 0 Å². The monoisotopic (exact) mass is 333 g/mol. The highest BCUT2D eigenvalue weighted by Crippen LogP contribution is 2.25. The highest BCUT2D eigenvalue weighted by molar-refractivity contribution is 5.79. The summed E-state index contributed by atoms with van der Waals surface area (Å²) in [6.45, 7) is 9.01. The van der Waals surface area contributed by atoms with Gasteiger partial charge in [-0.1, -0.05) is 0 Å². The Morgan fingerprint density at radius 1 is 1.21 bits per heavy atom. The van der Waals surface area contributed by atoms with Crippen LogP contribution in [0.4, 0.5) is 11.8 Å². The lowest BCUT2D eigenvalue weighted by Gasteiger charge is -2.39. The number of hydrogen-bond acceptors (Lipinski definition) is 6. The largest absolute Gasteiger partial charge is 0.372 e. The summed E-state index contributed by atoms with van der Waals surface area (Å²) in [5, 5.41) is 0. The number of nitrogens with zero attached hydrogens (tertiary/aromatic N) is 4. The molecule has 2 N–H and O–H groups in total. The standard InChI is InChI=1S/C17H27N5O2/c1-11-8-15(20-17(18)19-11)21-6-4-14(5-7-21)16(23)22-9-12(2)24-13(3)10-22/h8,12-14H,4-7,9-10H2,1-3H3,(H2,18,19,20)/t12-,13+. The Kier molecular flexibility index (Phi) is 4.89. The number of piperidine rings is 1. The van der Waals surface area contributed by atoms with Gasteiger partial charge in [0.05, 0.1) is 12.2 Å². The molecule has 7 nitrogen and oxygen atoms in total. The Morgan fingerprint density at radius 3 is 2.42 bits per heavy atom. The fourth-order valence-electron chi connectivity index (χ4n) is 3.71. The first-order valence-electron chi connectivity index (χ1n) is 8.72. The van der Waals surface area contributed by atoms with Crippen molar-refractivity contribution in [2.24, 2.45) is 5.92 Å². The van der Waals surface area contributed by atoms with Crippen LogP contribution in [-0.2, 0) is 9.53 Å². The first-order valence-corrected chi connectivity index (χ1v) is 8.72. The van der Waals surface area contributed by atoms with Gasteiger partial charge in [0, 0.05) is 43.9 Å². The molecule has 1 aromatic rings. The van der Waals surface area contributed by atoms with Gasteiger partial charge < -0.3 is 20.3 Å². The van der Waals surface area contributed by atoms with Gasteiger partial charge in [0.1, 0.15) is 5.82 Å². The van der Waals surface area contributed by atoms with Crippen LogP contribution in [0, 0.1) is 12.8 Å². The first kappa shape index (κ1) is 17.0. The summed E-state index contributed by atoms with van der Waals surface area (Å²) in [5.41, 5.74) is 6.61. The number of nitrogens with two attached hydrogens (primary N) is 1. The Balaban J connectivity index is 1.59. The predicted molar refractivity (Wildman–Crippen MR) is 92.7 cm³/mol. The zero-order valence-corrected chi connectivity index (χ0v) is 14.7. The molecule has 0 radical (unpaired) electrons. The van der Waals surface area contributed by atoms with Crippen molar-refractivity contribution in [2.45, 2.75) is 45.8 Å².